The molecule has 4 atom stereocenters. The van der Waals surface area contributed by atoms with Crippen molar-refractivity contribution in [1.82, 2.24) is 0 Å². The van der Waals surface area contributed by atoms with Crippen LogP contribution in [-0.2, 0) is 14.3 Å². The largest absolute Gasteiger partial charge is 0.468 e. The van der Waals surface area contributed by atoms with Crippen LogP contribution in [0, 0.1) is 28.6 Å². The van der Waals surface area contributed by atoms with Gasteiger partial charge in [0, 0.05) is 6.42 Å². The van der Waals surface area contributed by atoms with Gasteiger partial charge in [0.1, 0.15) is 5.41 Å². The van der Waals surface area contributed by atoms with E-state index in [1.807, 2.05) is 6.92 Å². The molecule has 0 N–H and O–H groups in total. The monoisotopic (exact) mass is 264 g/mol. The van der Waals surface area contributed by atoms with Crippen molar-refractivity contribution in [2.75, 3.05) is 7.11 Å². The van der Waals surface area contributed by atoms with Crippen molar-refractivity contribution >= 4 is 11.8 Å². The Labute approximate surface area is 115 Å². The van der Waals surface area contributed by atoms with E-state index in [0.29, 0.717) is 24.7 Å². The number of fused-ring (bicyclic) bond motifs is 1. The van der Waals surface area contributed by atoms with Gasteiger partial charge in [-0.3, -0.25) is 9.59 Å². The average Bonchev–Trinajstić information content (AvgIpc) is 2.89. The first-order valence-corrected chi connectivity index (χ1v) is 7.05. The summed E-state index contributed by atoms with van der Waals surface area (Å²) >= 11 is 0. The molecule has 0 unspecified atom stereocenters. The third-order valence-electron chi connectivity index (χ3n) is 5.66. The molecule has 0 aromatic carbocycles. The minimum atomic E-state index is -1.00. The number of ether oxygens (including phenoxy) is 1. The molecule has 0 amide bonds. The predicted molar refractivity (Wildman–Crippen MR) is 73.4 cm³/mol. The molecule has 2 aliphatic carbocycles. The number of carbonyl (C=O) groups excluding carboxylic acids is 2. The molecule has 0 aliphatic heterocycles. The van der Waals surface area contributed by atoms with Gasteiger partial charge in [-0.05, 0) is 36.0 Å². The molecule has 0 saturated heterocycles. The summed E-state index contributed by atoms with van der Waals surface area (Å²) < 4.78 is 4.94. The fourth-order valence-corrected chi connectivity index (χ4v) is 4.09. The van der Waals surface area contributed by atoms with Crippen molar-refractivity contribution in [2.24, 2.45) is 28.6 Å². The van der Waals surface area contributed by atoms with Crippen LogP contribution in [0.15, 0.2) is 12.7 Å². The minimum absolute atomic E-state index is 0.0159. The summed E-state index contributed by atoms with van der Waals surface area (Å²) in [5, 5.41) is 0. The maximum Gasteiger partial charge on any atom is 0.319 e. The second kappa shape index (κ2) is 4.46. The van der Waals surface area contributed by atoms with Crippen LogP contribution in [-0.4, -0.2) is 18.9 Å². The van der Waals surface area contributed by atoms with E-state index in [0.717, 1.165) is 6.42 Å². The molecule has 0 spiro atoms. The first-order valence-electron chi connectivity index (χ1n) is 7.05. The summed E-state index contributed by atoms with van der Waals surface area (Å²) in [4.78, 5) is 25.0. The Bertz CT molecular complexity index is 424. The zero-order valence-electron chi connectivity index (χ0n) is 12.4. The molecule has 106 valence electrons. The molecule has 0 bridgehead atoms. The number of esters is 1. The van der Waals surface area contributed by atoms with Crippen LogP contribution >= 0.6 is 0 Å². The van der Waals surface area contributed by atoms with Gasteiger partial charge < -0.3 is 4.74 Å². The van der Waals surface area contributed by atoms with Crippen LogP contribution < -0.4 is 0 Å². The number of ketones is 1. The molecule has 3 nitrogen and oxygen atoms in total. The zero-order chi connectivity index (χ0) is 14.4. The maximum absolute atomic E-state index is 12.7. The lowest BCUT2D eigenvalue weighted by Gasteiger charge is -2.34. The second-order valence-corrected chi connectivity index (χ2v) is 6.75. The van der Waals surface area contributed by atoms with Crippen LogP contribution in [0.1, 0.15) is 40.0 Å². The van der Waals surface area contributed by atoms with Crippen molar-refractivity contribution in [2.45, 2.75) is 40.0 Å². The first kappa shape index (κ1) is 14.3. The Balaban J connectivity index is 2.36. The van der Waals surface area contributed by atoms with Gasteiger partial charge in [-0.25, -0.2) is 0 Å². The Morgan fingerprint density at radius 2 is 2.11 bits per heavy atom. The molecule has 3 heteroatoms. The highest BCUT2D eigenvalue weighted by molar-refractivity contribution is 6.04. The molecule has 0 aromatic heterocycles. The number of methoxy groups -OCH3 is 1. The van der Waals surface area contributed by atoms with Gasteiger partial charge in [0.25, 0.3) is 0 Å². The maximum atomic E-state index is 12.7. The Hall–Kier alpha value is -1.12. The van der Waals surface area contributed by atoms with Gasteiger partial charge in [-0.2, -0.15) is 0 Å². The van der Waals surface area contributed by atoms with Gasteiger partial charge in [-0.15, -0.1) is 6.58 Å². The van der Waals surface area contributed by atoms with E-state index in [9.17, 15) is 9.59 Å². The van der Waals surface area contributed by atoms with Gasteiger partial charge in [-0.1, -0.05) is 26.8 Å². The molecule has 2 aliphatic rings. The number of Topliss-reactive ketones (excluding diaryl/α,β-unsaturated/α-hetero) is 1. The highest BCUT2D eigenvalue weighted by Crippen LogP contribution is 2.66. The van der Waals surface area contributed by atoms with E-state index in [-0.39, 0.29) is 23.1 Å². The summed E-state index contributed by atoms with van der Waals surface area (Å²) in [7, 11) is 1.36. The molecule has 2 rings (SSSR count). The van der Waals surface area contributed by atoms with E-state index < -0.39 is 5.41 Å². The fraction of sp³-hybridized carbons (Fsp3) is 0.750. The average molecular weight is 264 g/mol. The lowest BCUT2D eigenvalue weighted by Crippen LogP contribution is -2.45. The third-order valence-corrected chi connectivity index (χ3v) is 5.66. The lowest BCUT2D eigenvalue weighted by atomic mass is 9.68. The van der Waals surface area contributed by atoms with Gasteiger partial charge in [0.05, 0.1) is 7.11 Å². The van der Waals surface area contributed by atoms with Crippen molar-refractivity contribution in [3.8, 4) is 0 Å². The molecule has 2 saturated carbocycles. The molecule has 0 radical (unpaired) electrons. The van der Waals surface area contributed by atoms with Gasteiger partial charge in [0.2, 0.25) is 0 Å². The van der Waals surface area contributed by atoms with Crippen molar-refractivity contribution < 1.29 is 14.3 Å². The van der Waals surface area contributed by atoms with Gasteiger partial charge in [0.15, 0.2) is 5.78 Å². The van der Waals surface area contributed by atoms with E-state index in [1.165, 1.54) is 7.11 Å². The molecular formula is C16H24O3. The third kappa shape index (κ3) is 1.86. The number of hydrogen-bond donors (Lipinski definition) is 0. The minimum Gasteiger partial charge on any atom is -0.468 e. The van der Waals surface area contributed by atoms with E-state index in [2.05, 4.69) is 20.4 Å². The standard InChI is InChI=1S/C16H24O3/c1-6-7-16(14(18)19-5)10(2)8-11-12(9-13(16)17)15(11,3)4/h6,10-12H,1,7-9H2,2-5H3/t10-,11-,12+,16-/m1/s1. The molecule has 19 heavy (non-hydrogen) atoms. The smallest absolute Gasteiger partial charge is 0.319 e. The summed E-state index contributed by atoms with van der Waals surface area (Å²) in [5.74, 6) is 0.664. The van der Waals surface area contributed by atoms with Crippen LogP contribution in [0.3, 0.4) is 0 Å². The number of hydrogen-bond acceptors (Lipinski definition) is 3. The number of carbonyl (C=O) groups is 2. The summed E-state index contributed by atoms with van der Waals surface area (Å²) in [6, 6.07) is 0. The van der Waals surface area contributed by atoms with E-state index >= 15 is 0 Å². The van der Waals surface area contributed by atoms with Crippen LogP contribution in [0.5, 0.6) is 0 Å². The Kier molecular flexibility index (Phi) is 3.36. The highest BCUT2D eigenvalue weighted by atomic mass is 16.5. The predicted octanol–water partition coefficient (Wildman–Crippen LogP) is 2.99. The fourth-order valence-electron chi connectivity index (χ4n) is 4.09. The normalized spacial score (nSPS) is 40.0. The topological polar surface area (TPSA) is 43.4 Å². The summed E-state index contributed by atoms with van der Waals surface area (Å²) in [6.07, 6.45) is 3.49. The van der Waals surface area contributed by atoms with Crippen LogP contribution in [0.4, 0.5) is 0 Å². The highest BCUT2D eigenvalue weighted by Gasteiger charge is 2.64. The molecule has 0 heterocycles. The second-order valence-electron chi connectivity index (χ2n) is 6.75. The van der Waals surface area contributed by atoms with E-state index in [4.69, 9.17) is 4.74 Å². The zero-order valence-corrected chi connectivity index (χ0v) is 12.4. The molecule has 0 aromatic rings. The Morgan fingerprint density at radius 3 is 2.63 bits per heavy atom. The summed E-state index contributed by atoms with van der Waals surface area (Å²) in [6.45, 7) is 10.2. The van der Waals surface area contributed by atoms with Crippen molar-refractivity contribution in [3.63, 3.8) is 0 Å². The first-order chi connectivity index (χ1) is 8.82. The van der Waals surface area contributed by atoms with Crippen LogP contribution in [0.25, 0.3) is 0 Å². The van der Waals surface area contributed by atoms with E-state index in [1.54, 1.807) is 6.08 Å². The van der Waals surface area contributed by atoms with Crippen LogP contribution in [0.2, 0.25) is 0 Å². The number of rotatable bonds is 3. The quantitative estimate of drug-likeness (QED) is 0.447. The van der Waals surface area contributed by atoms with Gasteiger partial charge >= 0.3 is 5.97 Å². The Morgan fingerprint density at radius 1 is 1.47 bits per heavy atom. The van der Waals surface area contributed by atoms with Crippen molar-refractivity contribution in [3.05, 3.63) is 12.7 Å². The van der Waals surface area contributed by atoms with Crippen molar-refractivity contribution in [1.29, 1.82) is 0 Å². The SMILES string of the molecule is C=CC[C@]1(C(=O)OC)C(=O)C[C@H]2[C@@H](C[C@H]1C)C2(C)C. The summed E-state index contributed by atoms with van der Waals surface area (Å²) in [5.41, 5.74) is -0.750. The molecular weight excluding hydrogens is 240 g/mol. The molecule has 2 fully saturated rings. The lowest BCUT2D eigenvalue weighted by molar-refractivity contribution is -0.161. The number of allylic oxidation sites excluding steroid dienone is 1.